The van der Waals surface area contributed by atoms with Gasteiger partial charge >= 0.3 is 5.97 Å². The Bertz CT molecular complexity index is 552. The fourth-order valence-corrected chi connectivity index (χ4v) is 2.54. The van der Waals surface area contributed by atoms with E-state index in [0.29, 0.717) is 6.42 Å². The molecule has 28 heavy (non-hydrogen) atoms. The molecule has 0 heterocycles. The summed E-state index contributed by atoms with van der Waals surface area (Å²) in [5.74, 6) is -3.44. The van der Waals surface area contributed by atoms with Crippen LogP contribution in [0.15, 0.2) is 0 Å². The van der Waals surface area contributed by atoms with Crippen molar-refractivity contribution in [2.75, 3.05) is 6.54 Å². The molecular formula is C18H34N4O6. The van der Waals surface area contributed by atoms with Gasteiger partial charge in [0, 0.05) is 0 Å². The van der Waals surface area contributed by atoms with Crippen LogP contribution in [0.1, 0.15) is 47.5 Å². The highest BCUT2D eigenvalue weighted by atomic mass is 16.4. The first-order chi connectivity index (χ1) is 12.9. The van der Waals surface area contributed by atoms with Crippen molar-refractivity contribution < 1.29 is 29.4 Å². The van der Waals surface area contributed by atoms with Crippen molar-refractivity contribution >= 4 is 23.7 Å². The van der Waals surface area contributed by atoms with Crippen LogP contribution in [0, 0.1) is 11.8 Å². The highest BCUT2D eigenvalue weighted by Gasteiger charge is 2.33. The van der Waals surface area contributed by atoms with Gasteiger partial charge in [-0.2, -0.15) is 0 Å². The smallest absolute Gasteiger partial charge is 0.326 e. The van der Waals surface area contributed by atoms with Crippen molar-refractivity contribution in [2.24, 2.45) is 17.6 Å². The van der Waals surface area contributed by atoms with Crippen LogP contribution in [0.5, 0.6) is 0 Å². The Morgan fingerprint density at radius 3 is 1.86 bits per heavy atom. The number of aliphatic carboxylic acids is 1. The number of carbonyl (C=O) groups excluding carboxylic acids is 3. The number of aliphatic hydroxyl groups is 1. The van der Waals surface area contributed by atoms with Gasteiger partial charge in [-0.15, -0.1) is 0 Å². The van der Waals surface area contributed by atoms with Gasteiger partial charge in [0.05, 0.1) is 12.6 Å². The molecule has 0 aliphatic rings. The molecule has 0 rings (SSSR count). The topological polar surface area (TPSA) is 171 Å². The second-order valence-corrected chi connectivity index (χ2v) is 7.39. The normalized spacial score (nSPS) is 16.4. The van der Waals surface area contributed by atoms with Crippen molar-refractivity contribution in [2.45, 2.75) is 71.7 Å². The predicted octanol–water partition coefficient (Wildman–Crippen LogP) is -1.04. The number of nitrogens with one attached hydrogen (secondary N) is 3. The lowest BCUT2D eigenvalue weighted by atomic mass is 9.96. The van der Waals surface area contributed by atoms with Gasteiger partial charge in [0.15, 0.2) is 0 Å². The zero-order valence-corrected chi connectivity index (χ0v) is 17.2. The number of amides is 3. The first kappa shape index (κ1) is 25.8. The number of carbonyl (C=O) groups is 4. The van der Waals surface area contributed by atoms with E-state index in [-0.39, 0.29) is 24.8 Å². The predicted molar refractivity (Wildman–Crippen MR) is 103 cm³/mol. The molecule has 7 N–H and O–H groups in total. The summed E-state index contributed by atoms with van der Waals surface area (Å²) in [7, 11) is 0. The minimum atomic E-state index is -1.29. The van der Waals surface area contributed by atoms with E-state index in [0.717, 1.165) is 0 Å². The van der Waals surface area contributed by atoms with Gasteiger partial charge in [-0.25, -0.2) is 4.79 Å². The largest absolute Gasteiger partial charge is 0.480 e. The summed E-state index contributed by atoms with van der Waals surface area (Å²) in [6.45, 7) is 8.19. The van der Waals surface area contributed by atoms with Gasteiger partial charge in [0.1, 0.15) is 18.1 Å². The molecule has 0 aromatic rings. The third-order valence-corrected chi connectivity index (χ3v) is 4.38. The summed E-state index contributed by atoms with van der Waals surface area (Å²) in [6, 6.07) is -3.40. The molecule has 0 aliphatic heterocycles. The Balaban J connectivity index is 5.39. The van der Waals surface area contributed by atoms with Crippen LogP contribution in [-0.2, 0) is 19.2 Å². The summed E-state index contributed by atoms with van der Waals surface area (Å²) in [6.07, 6.45) is -0.441. The molecule has 10 heteroatoms. The number of rotatable bonds is 12. The molecule has 0 radical (unpaired) electrons. The van der Waals surface area contributed by atoms with Gasteiger partial charge < -0.3 is 31.9 Å². The molecule has 0 aromatic carbocycles. The number of carboxylic acid groups (broad SMARTS) is 1. The molecular weight excluding hydrogens is 368 g/mol. The molecule has 5 atom stereocenters. The summed E-state index contributed by atoms with van der Waals surface area (Å²) >= 11 is 0. The monoisotopic (exact) mass is 402 g/mol. The molecule has 0 aromatic heterocycles. The molecule has 0 aliphatic carbocycles. The number of hydrogen-bond acceptors (Lipinski definition) is 6. The van der Waals surface area contributed by atoms with Crippen LogP contribution in [-0.4, -0.2) is 64.7 Å². The maximum atomic E-state index is 12.7. The van der Waals surface area contributed by atoms with Crippen molar-refractivity contribution in [3.63, 3.8) is 0 Å². The maximum absolute atomic E-state index is 12.7. The molecule has 0 fully saturated rings. The van der Waals surface area contributed by atoms with Gasteiger partial charge in [-0.1, -0.05) is 34.1 Å². The fourth-order valence-electron chi connectivity index (χ4n) is 2.54. The molecule has 0 saturated heterocycles. The Kier molecular flexibility index (Phi) is 11.3. The van der Waals surface area contributed by atoms with Crippen LogP contribution in [0.25, 0.3) is 0 Å². The third kappa shape index (κ3) is 8.66. The number of carboxylic acids is 1. The number of hydrogen-bond donors (Lipinski definition) is 6. The average Bonchev–Trinajstić information content (AvgIpc) is 2.61. The summed E-state index contributed by atoms with van der Waals surface area (Å²) in [5.41, 5.74) is 5.22. The van der Waals surface area contributed by atoms with E-state index in [1.807, 2.05) is 20.8 Å². The van der Waals surface area contributed by atoms with Crippen LogP contribution in [0.2, 0.25) is 0 Å². The van der Waals surface area contributed by atoms with Gasteiger partial charge in [0.2, 0.25) is 17.7 Å². The zero-order chi connectivity index (χ0) is 22.0. The highest BCUT2D eigenvalue weighted by molar-refractivity contribution is 5.94. The van der Waals surface area contributed by atoms with Gasteiger partial charge in [0.25, 0.3) is 0 Å². The SMILES string of the molecule is CCC(C)C(NC(=O)C(NC(=O)CN)C(C)O)C(=O)NC(CC(C)C)C(=O)O. The lowest BCUT2D eigenvalue weighted by Gasteiger charge is -2.28. The lowest BCUT2D eigenvalue weighted by Crippen LogP contribution is -2.60. The van der Waals surface area contributed by atoms with E-state index in [2.05, 4.69) is 16.0 Å². The van der Waals surface area contributed by atoms with Crippen LogP contribution in [0.4, 0.5) is 0 Å². The first-order valence-electron chi connectivity index (χ1n) is 9.45. The second-order valence-electron chi connectivity index (χ2n) is 7.39. The molecule has 10 nitrogen and oxygen atoms in total. The molecule has 3 amide bonds. The average molecular weight is 402 g/mol. The number of aliphatic hydroxyl groups excluding tert-OH is 1. The second kappa shape index (κ2) is 12.3. The fraction of sp³-hybridized carbons (Fsp3) is 0.778. The van der Waals surface area contributed by atoms with Crippen molar-refractivity contribution in [3.05, 3.63) is 0 Å². The highest BCUT2D eigenvalue weighted by Crippen LogP contribution is 2.11. The van der Waals surface area contributed by atoms with E-state index in [1.165, 1.54) is 6.92 Å². The van der Waals surface area contributed by atoms with Crippen molar-refractivity contribution in [1.82, 2.24) is 16.0 Å². The Morgan fingerprint density at radius 2 is 1.46 bits per heavy atom. The third-order valence-electron chi connectivity index (χ3n) is 4.38. The number of nitrogens with two attached hydrogens (primary N) is 1. The molecule has 0 spiro atoms. The maximum Gasteiger partial charge on any atom is 0.326 e. The minimum Gasteiger partial charge on any atom is -0.480 e. The summed E-state index contributed by atoms with van der Waals surface area (Å²) < 4.78 is 0. The standard InChI is InChI=1S/C18H34N4O6/c1-6-10(4)14(16(25)20-12(18(27)28)7-9(2)3)22-17(26)15(11(5)23)21-13(24)8-19/h9-12,14-15,23H,6-8,19H2,1-5H3,(H,20,25)(H,21,24)(H,22,26)(H,27,28). The molecule has 162 valence electrons. The zero-order valence-electron chi connectivity index (χ0n) is 17.2. The van der Waals surface area contributed by atoms with Gasteiger partial charge in [-0.05, 0) is 25.2 Å². The molecule has 5 unspecified atom stereocenters. The van der Waals surface area contributed by atoms with Gasteiger partial charge in [-0.3, -0.25) is 14.4 Å². The Labute approximate surface area is 165 Å². The van der Waals surface area contributed by atoms with E-state index in [1.54, 1.807) is 6.92 Å². The quantitative estimate of drug-likeness (QED) is 0.242. The van der Waals surface area contributed by atoms with E-state index < -0.39 is 47.9 Å². The Hall–Kier alpha value is -2.20. The van der Waals surface area contributed by atoms with Crippen LogP contribution in [0.3, 0.4) is 0 Å². The Morgan fingerprint density at radius 1 is 0.929 bits per heavy atom. The van der Waals surface area contributed by atoms with E-state index in [9.17, 15) is 29.4 Å². The van der Waals surface area contributed by atoms with E-state index >= 15 is 0 Å². The lowest BCUT2D eigenvalue weighted by molar-refractivity contribution is -0.143. The first-order valence-corrected chi connectivity index (χ1v) is 9.45. The van der Waals surface area contributed by atoms with Crippen LogP contribution < -0.4 is 21.7 Å². The van der Waals surface area contributed by atoms with Crippen molar-refractivity contribution in [1.29, 1.82) is 0 Å². The van der Waals surface area contributed by atoms with Crippen LogP contribution >= 0.6 is 0 Å². The van der Waals surface area contributed by atoms with E-state index in [4.69, 9.17) is 5.73 Å². The molecule has 0 bridgehead atoms. The summed E-state index contributed by atoms with van der Waals surface area (Å²) in [5, 5.41) is 26.4. The van der Waals surface area contributed by atoms with Crippen molar-refractivity contribution in [3.8, 4) is 0 Å². The summed E-state index contributed by atoms with van der Waals surface area (Å²) in [4.78, 5) is 48.1. The minimum absolute atomic E-state index is 0.0455. The molecule has 0 saturated carbocycles.